The molecule has 9 N–H and O–H groups in total. The summed E-state index contributed by atoms with van der Waals surface area (Å²) >= 11 is 0. The van der Waals surface area contributed by atoms with Crippen LogP contribution in [-0.2, 0) is 30.4 Å². The molecule has 0 fully saturated rings. The van der Waals surface area contributed by atoms with Gasteiger partial charge in [-0.3, -0.25) is 19.2 Å². The molecular formula is C18H24N4O9. The van der Waals surface area contributed by atoms with Crippen molar-refractivity contribution in [2.24, 2.45) is 5.73 Å². The Hall–Kier alpha value is -3.71. The van der Waals surface area contributed by atoms with Gasteiger partial charge in [0.25, 0.3) is 0 Å². The first-order valence-corrected chi connectivity index (χ1v) is 8.99. The number of phenols is 1. The molecule has 0 aliphatic heterocycles. The van der Waals surface area contributed by atoms with Crippen LogP contribution in [0.1, 0.15) is 12.0 Å². The Morgan fingerprint density at radius 3 is 2.06 bits per heavy atom. The number of phenolic OH excluding ortho intramolecular Hbond substituents is 1. The number of rotatable bonds is 12. The molecule has 0 bridgehead atoms. The number of aliphatic carboxylic acids is 2. The van der Waals surface area contributed by atoms with E-state index in [-0.39, 0.29) is 12.2 Å². The molecule has 0 spiro atoms. The van der Waals surface area contributed by atoms with Gasteiger partial charge in [-0.05, 0) is 17.7 Å². The minimum absolute atomic E-state index is 0.0151. The SMILES string of the molecule is NC(CC(=O)O)C(=O)NCC(=O)NC(CO)C(=O)NC(Cc1ccc(O)cc1)C(=O)O. The zero-order valence-electron chi connectivity index (χ0n) is 16.3. The van der Waals surface area contributed by atoms with E-state index in [1.54, 1.807) is 0 Å². The molecule has 13 heteroatoms. The molecule has 0 aliphatic rings. The first-order valence-electron chi connectivity index (χ1n) is 8.99. The summed E-state index contributed by atoms with van der Waals surface area (Å²) in [5.74, 6) is -5.44. The zero-order valence-corrected chi connectivity index (χ0v) is 16.3. The minimum Gasteiger partial charge on any atom is -0.508 e. The maximum atomic E-state index is 12.3. The lowest BCUT2D eigenvalue weighted by Gasteiger charge is -2.20. The van der Waals surface area contributed by atoms with Crippen LogP contribution >= 0.6 is 0 Å². The first kappa shape index (κ1) is 25.3. The van der Waals surface area contributed by atoms with E-state index in [2.05, 4.69) is 16.0 Å². The largest absolute Gasteiger partial charge is 0.508 e. The molecule has 3 atom stereocenters. The van der Waals surface area contributed by atoms with E-state index in [0.717, 1.165) is 0 Å². The van der Waals surface area contributed by atoms with Crippen molar-refractivity contribution >= 4 is 29.7 Å². The van der Waals surface area contributed by atoms with E-state index in [0.29, 0.717) is 5.56 Å². The lowest BCUT2D eigenvalue weighted by atomic mass is 10.1. The van der Waals surface area contributed by atoms with E-state index >= 15 is 0 Å². The molecular weight excluding hydrogens is 416 g/mol. The van der Waals surface area contributed by atoms with E-state index in [9.17, 15) is 39.3 Å². The van der Waals surface area contributed by atoms with Crippen molar-refractivity contribution in [1.29, 1.82) is 0 Å². The summed E-state index contributed by atoms with van der Waals surface area (Å²) in [5.41, 5.74) is 5.85. The van der Waals surface area contributed by atoms with Gasteiger partial charge in [-0.25, -0.2) is 4.79 Å². The van der Waals surface area contributed by atoms with Gasteiger partial charge in [0, 0.05) is 6.42 Å². The van der Waals surface area contributed by atoms with E-state index in [4.69, 9.17) is 10.8 Å². The highest BCUT2D eigenvalue weighted by atomic mass is 16.4. The molecule has 0 heterocycles. The summed E-state index contributed by atoms with van der Waals surface area (Å²) in [5, 5.41) is 42.9. The van der Waals surface area contributed by atoms with E-state index in [1.165, 1.54) is 24.3 Å². The number of nitrogens with two attached hydrogens (primary N) is 1. The van der Waals surface area contributed by atoms with Crippen molar-refractivity contribution in [2.45, 2.75) is 31.0 Å². The Kier molecular flexibility index (Phi) is 9.88. The van der Waals surface area contributed by atoms with Gasteiger partial charge in [-0.1, -0.05) is 12.1 Å². The van der Waals surface area contributed by atoms with E-state index < -0.39 is 67.4 Å². The second-order valence-electron chi connectivity index (χ2n) is 6.49. The number of hydrogen-bond acceptors (Lipinski definition) is 8. The molecule has 1 aromatic rings. The fourth-order valence-electron chi connectivity index (χ4n) is 2.36. The molecule has 13 nitrogen and oxygen atoms in total. The first-order chi connectivity index (χ1) is 14.5. The second kappa shape index (κ2) is 12.1. The molecule has 31 heavy (non-hydrogen) atoms. The lowest BCUT2D eigenvalue weighted by Crippen LogP contribution is -2.55. The van der Waals surface area contributed by atoms with Crippen molar-refractivity contribution in [3.8, 4) is 5.75 Å². The van der Waals surface area contributed by atoms with Gasteiger partial charge in [-0.15, -0.1) is 0 Å². The normalized spacial score (nSPS) is 13.4. The van der Waals surface area contributed by atoms with Crippen LogP contribution in [0, 0.1) is 0 Å². The van der Waals surface area contributed by atoms with Gasteiger partial charge in [0.2, 0.25) is 17.7 Å². The molecule has 170 valence electrons. The van der Waals surface area contributed by atoms with Crippen LogP contribution in [0.25, 0.3) is 0 Å². The topological polar surface area (TPSA) is 228 Å². The van der Waals surface area contributed by atoms with Gasteiger partial charge >= 0.3 is 11.9 Å². The Labute approximate surface area is 176 Å². The third kappa shape index (κ3) is 9.10. The van der Waals surface area contributed by atoms with Gasteiger partial charge in [0.1, 0.15) is 17.8 Å². The molecule has 1 aromatic carbocycles. The highest BCUT2D eigenvalue weighted by Gasteiger charge is 2.26. The lowest BCUT2D eigenvalue weighted by molar-refractivity contribution is -0.142. The molecule has 1 rings (SSSR count). The standard InChI is InChI=1S/C18H24N4O9/c19-11(6-15(26)27)16(28)20-7-14(25)21-13(8-23)17(29)22-12(18(30)31)5-9-1-3-10(24)4-2-9/h1-4,11-13,23-24H,5-8,19H2,(H,20,28)(H,21,25)(H,22,29)(H,26,27)(H,30,31). The Bertz CT molecular complexity index is 813. The smallest absolute Gasteiger partial charge is 0.326 e. The number of carboxylic acids is 2. The van der Waals surface area contributed by atoms with Crippen LogP contribution in [0.15, 0.2) is 24.3 Å². The van der Waals surface area contributed by atoms with Gasteiger partial charge < -0.3 is 42.1 Å². The number of amides is 3. The number of aliphatic hydroxyl groups excluding tert-OH is 1. The molecule has 0 aromatic heterocycles. The van der Waals surface area contributed by atoms with Crippen molar-refractivity contribution in [3.63, 3.8) is 0 Å². The average Bonchev–Trinajstić information content (AvgIpc) is 2.70. The number of aromatic hydroxyl groups is 1. The quantitative estimate of drug-likeness (QED) is 0.163. The Balaban J connectivity index is 2.62. The van der Waals surface area contributed by atoms with Crippen molar-refractivity contribution < 1.29 is 44.4 Å². The molecule has 3 amide bonds. The Morgan fingerprint density at radius 2 is 1.55 bits per heavy atom. The van der Waals surface area contributed by atoms with Crippen LogP contribution in [0.3, 0.4) is 0 Å². The summed E-state index contributed by atoms with van der Waals surface area (Å²) in [4.78, 5) is 57.7. The van der Waals surface area contributed by atoms with Gasteiger partial charge in [0.15, 0.2) is 0 Å². The molecule has 3 unspecified atom stereocenters. The molecule has 0 saturated carbocycles. The maximum Gasteiger partial charge on any atom is 0.326 e. The summed E-state index contributed by atoms with van der Waals surface area (Å²) in [6, 6.07) is 1.39. The number of aliphatic hydroxyl groups is 1. The average molecular weight is 440 g/mol. The number of carbonyl (C=O) groups excluding carboxylic acids is 3. The third-order valence-corrected chi connectivity index (χ3v) is 3.98. The second-order valence-corrected chi connectivity index (χ2v) is 6.49. The van der Waals surface area contributed by atoms with Crippen LogP contribution < -0.4 is 21.7 Å². The highest BCUT2D eigenvalue weighted by Crippen LogP contribution is 2.11. The maximum absolute atomic E-state index is 12.3. The predicted octanol–water partition coefficient (Wildman–Crippen LogP) is -3.10. The summed E-state index contributed by atoms with van der Waals surface area (Å²) < 4.78 is 0. The molecule has 0 aliphatic carbocycles. The predicted molar refractivity (Wildman–Crippen MR) is 104 cm³/mol. The fourth-order valence-corrected chi connectivity index (χ4v) is 2.36. The van der Waals surface area contributed by atoms with Crippen molar-refractivity contribution in [1.82, 2.24) is 16.0 Å². The van der Waals surface area contributed by atoms with Crippen LogP contribution in [-0.4, -0.2) is 81.4 Å². The number of carbonyl (C=O) groups is 5. The van der Waals surface area contributed by atoms with Crippen molar-refractivity contribution in [3.05, 3.63) is 29.8 Å². The summed E-state index contributed by atoms with van der Waals surface area (Å²) in [7, 11) is 0. The Morgan fingerprint density at radius 1 is 0.935 bits per heavy atom. The molecule has 0 saturated heterocycles. The van der Waals surface area contributed by atoms with Crippen LogP contribution in [0.4, 0.5) is 0 Å². The van der Waals surface area contributed by atoms with Gasteiger partial charge in [0.05, 0.1) is 25.6 Å². The summed E-state index contributed by atoms with van der Waals surface area (Å²) in [6.07, 6.45) is -0.766. The van der Waals surface area contributed by atoms with Crippen LogP contribution in [0.5, 0.6) is 5.75 Å². The number of carboxylic acid groups (broad SMARTS) is 2. The van der Waals surface area contributed by atoms with E-state index in [1.807, 2.05) is 0 Å². The third-order valence-electron chi connectivity index (χ3n) is 3.98. The fraction of sp³-hybridized carbons (Fsp3) is 0.389. The number of nitrogens with one attached hydrogen (secondary N) is 3. The minimum atomic E-state index is -1.50. The number of hydrogen-bond donors (Lipinski definition) is 8. The van der Waals surface area contributed by atoms with Crippen LogP contribution in [0.2, 0.25) is 0 Å². The van der Waals surface area contributed by atoms with Crippen molar-refractivity contribution in [2.75, 3.05) is 13.2 Å². The summed E-state index contributed by atoms with van der Waals surface area (Å²) in [6.45, 7) is -1.50. The highest BCUT2D eigenvalue weighted by molar-refractivity contribution is 5.93. The number of benzene rings is 1. The molecule has 0 radical (unpaired) electrons. The monoisotopic (exact) mass is 440 g/mol. The van der Waals surface area contributed by atoms with Gasteiger partial charge in [-0.2, -0.15) is 0 Å². The zero-order chi connectivity index (χ0) is 23.6.